The van der Waals surface area contributed by atoms with Crippen molar-refractivity contribution in [3.8, 4) is 0 Å². The minimum Gasteiger partial charge on any atom is -0.370 e. The highest BCUT2D eigenvalue weighted by Gasteiger charge is 2.14. The molecule has 0 unspecified atom stereocenters. The molecule has 0 aromatic heterocycles. The van der Waals surface area contributed by atoms with E-state index in [9.17, 15) is 4.39 Å². The first-order chi connectivity index (χ1) is 9.56. The molecule has 0 bridgehead atoms. The van der Waals surface area contributed by atoms with Gasteiger partial charge in [0.25, 0.3) is 0 Å². The van der Waals surface area contributed by atoms with Crippen molar-refractivity contribution in [2.24, 2.45) is 27.2 Å². The summed E-state index contributed by atoms with van der Waals surface area (Å²) in [5, 5.41) is 0. The molecule has 1 saturated heterocycles. The Bertz CT molecular complexity index is 530. The van der Waals surface area contributed by atoms with Gasteiger partial charge in [0.05, 0.1) is 11.4 Å². The lowest BCUT2D eigenvalue weighted by atomic mass is 10.1. The number of nitrogens with zero attached hydrogens (tertiary/aromatic N) is 3. The highest BCUT2D eigenvalue weighted by Crippen LogP contribution is 2.26. The zero-order valence-corrected chi connectivity index (χ0v) is 11.2. The molecule has 0 radical (unpaired) electrons. The van der Waals surface area contributed by atoms with Crippen LogP contribution in [0.15, 0.2) is 28.2 Å². The summed E-state index contributed by atoms with van der Waals surface area (Å²) in [5.41, 5.74) is 16.9. The molecule has 7 heteroatoms. The summed E-state index contributed by atoms with van der Waals surface area (Å²) in [6.07, 6.45) is 3.39. The van der Waals surface area contributed by atoms with Crippen LogP contribution in [0.5, 0.6) is 0 Å². The van der Waals surface area contributed by atoms with Crippen LogP contribution in [-0.4, -0.2) is 25.0 Å². The lowest BCUT2D eigenvalue weighted by Crippen LogP contribution is -2.30. The van der Waals surface area contributed by atoms with E-state index in [1.165, 1.54) is 12.5 Å². The molecule has 6 N–H and O–H groups in total. The van der Waals surface area contributed by atoms with Gasteiger partial charge in [-0.1, -0.05) is 0 Å². The number of hydrogen-bond donors (Lipinski definition) is 3. The van der Waals surface area contributed by atoms with Crippen LogP contribution >= 0.6 is 0 Å². The Labute approximate surface area is 117 Å². The standard InChI is InChI=1S/C13H19FN6/c14-10-8-9(18-13(17)19-12(15)16)4-5-11(10)20-6-2-1-3-7-20/h4-5,8H,1-3,6-7H2,(H6,15,16,17,18,19). The zero-order chi connectivity index (χ0) is 14.5. The SMILES string of the molecule is NC(N)=NC(N)=Nc1ccc(N2CCCCC2)c(F)c1. The lowest BCUT2D eigenvalue weighted by molar-refractivity contribution is 0.557. The summed E-state index contributed by atoms with van der Waals surface area (Å²) in [6.45, 7) is 1.77. The number of halogens is 1. The van der Waals surface area contributed by atoms with E-state index in [2.05, 4.69) is 9.98 Å². The summed E-state index contributed by atoms with van der Waals surface area (Å²) in [4.78, 5) is 9.56. The minimum absolute atomic E-state index is 0.102. The number of rotatable bonds is 2. The number of hydrogen-bond acceptors (Lipinski definition) is 2. The number of anilines is 1. The van der Waals surface area contributed by atoms with E-state index in [1.807, 2.05) is 4.90 Å². The molecular formula is C13H19FN6. The first-order valence-corrected chi connectivity index (χ1v) is 6.54. The molecule has 0 spiro atoms. The van der Waals surface area contributed by atoms with E-state index < -0.39 is 0 Å². The number of piperidine rings is 1. The van der Waals surface area contributed by atoms with Crippen LogP contribution in [0.4, 0.5) is 15.8 Å². The highest BCUT2D eigenvalue weighted by molar-refractivity contribution is 5.93. The maximum Gasteiger partial charge on any atom is 0.223 e. The van der Waals surface area contributed by atoms with Gasteiger partial charge in [0, 0.05) is 19.2 Å². The Balaban J connectivity index is 2.19. The number of benzene rings is 1. The van der Waals surface area contributed by atoms with Crippen LogP contribution < -0.4 is 22.1 Å². The van der Waals surface area contributed by atoms with Crippen LogP contribution in [0.3, 0.4) is 0 Å². The fourth-order valence-corrected chi connectivity index (χ4v) is 2.25. The van der Waals surface area contributed by atoms with Gasteiger partial charge in [0.15, 0.2) is 5.96 Å². The number of nitrogens with two attached hydrogens (primary N) is 3. The van der Waals surface area contributed by atoms with Crippen molar-refractivity contribution in [3.63, 3.8) is 0 Å². The van der Waals surface area contributed by atoms with Gasteiger partial charge in [0.1, 0.15) is 5.82 Å². The highest BCUT2D eigenvalue weighted by atomic mass is 19.1. The average Bonchev–Trinajstić information content (AvgIpc) is 2.38. The maximum absolute atomic E-state index is 14.1. The van der Waals surface area contributed by atoms with Crippen molar-refractivity contribution in [2.75, 3.05) is 18.0 Å². The average molecular weight is 278 g/mol. The molecule has 2 rings (SSSR count). The molecule has 20 heavy (non-hydrogen) atoms. The van der Waals surface area contributed by atoms with Crippen LogP contribution in [0.25, 0.3) is 0 Å². The third-order valence-corrected chi connectivity index (χ3v) is 3.12. The zero-order valence-electron chi connectivity index (χ0n) is 11.2. The molecule has 1 aromatic rings. The number of guanidine groups is 2. The van der Waals surface area contributed by atoms with Gasteiger partial charge in [0.2, 0.25) is 5.96 Å². The van der Waals surface area contributed by atoms with Gasteiger partial charge in [-0.25, -0.2) is 9.38 Å². The molecule has 108 valence electrons. The molecule has 0 aliphatic carbocycles. The Morgan fingerprint density at radius 3 is 2.40 bits per heavy atom. The van der Waals surface area contributed by atoms with Gasteiger partial charge in [-0.15, -0.1) is 0 Å². The number of aliphatic imine (C=N–C) groups is 2. The summed E-state index contributed by atoms with van der Waals surface area (Å²) in [5.74, 6) is -0.600. The van der Waals surface area contributed by atoms with Gasteiger partial charge in [-0.3, -0.25) is 0 Å². The minimum atomic E-state index is -0.314. The second-order valence-corrected chi connectivity index (χ2v) is 4.69. The molecule has 0 amide bonds. The van der Waals surface area contributed by atoms with Crippen molar-refractivity contribution in [1.29, 1.82) is 0 Å². The first kappa shape index (κ1) is 14.1. The Morgan fingerprint density at radius 2 is 1.80 bits per heavy atom. The Hall–Kier alpha value is -2.31. The normalized spacial score (nSPS) is 16.1. The van der Waals surface area contributed by atoms with Crippen LogP contribution in [0.1, 0.15) is 19.3 Å². The predicted molar refractivity (Wildman–Crippen MR) is 79.6 cm³/mol. The fraction of sp³-hybridized carbons (Fsp3) is 0.385. The molecule has 0 saturated carbocycles. The summed E-state index contributed by atoms with van der Waals surface area (Å²) >= 11 is 0. The summed E-state index contributed by atoms with van der Waals surface area (Å²) in [7, 11) is 0. The molecule has 1 heterocycles. The fourth-order valence-electron chi connectivity index (χ4n) is 2.25. The van der Waals surface area contributed by atoms with Crippen LogP contribution in [-0.2, 0) is 0 Å². The van der Waals surface area contributed by atoms with Crippen molar-refractivity contribution in [2.45, 2.75) is 19.3 Å². The van der Waals surface area contributed by atoms with E-state index >= 15 is 0 Å². The van der Waals surface area contributed by atoms with Crippen molar-refractivity contribution >= 4 is 23.3 Å². The summed E-state index contributed by atoms with van der Waals surface area (Å²) in [6, 6.07) is 4.74. The summed E-state index contributed by atoms with van der Waals surface area (Å²) < 4.78 is 14.1. The van der Waals surface area contributed by atoms with Gasteiger partial charge < -0.3 is 22.1 Å². The molecule has 0 atom stereocenters. The third kappa shape index (κ3) is 3.59. The second kappa shape index (κ2) is 6.23. The first-order valence-electron chi connectivity index (χ1n) is 6.54. The van der Waals surface area contributed by atoms with Gasteiger partial charge in [-0.05, 0) is 31.4 Å². The Morgan fingerprint density at radius 1 is 1.10 bits per heavy atom. The van der Waals surface area contributed by atoms with Crippen LogP contribution in [0, 0.1) is 5.82 Å². The van der Waals surface area contributed by atoms with Crippen molar-refractivity contribution < 1.29 is 4.39 Å². The molecule has 6 nitrogen and oxygen atoms in total. The van der Waals surface area contributed by atoms with E-state index in [-0.39, 0.29) is 17.7 Å². The smallest absolute Gasteiger partial charge is 0.223 e. The van der Waals surface area contributed by atoms with E-state index in [1.54, 1.807) is 12.1 Å². The molecule has 1 aliphatic rings. The van der Waals surface area contributed by atoms with Crippen molar-refractivity contribution in [3.05, 3.63) is 24.0 Å². The largest absolute Gasteiger partial charge is 0.370 e. The predicted octanol–water partition coefficient (Wildman–Crippen LogP) is 1.04. The second-order valence-electron chi connectivity index (χ2n) is 4.69. The van der Waals surface area contributed by atoms with Crippen LogP contribution in [0.2, 0.25) is 0 Å². The third-order valence-electron chi connectivity index (χ3n) is 3.12. The lowest BCUT2D eigenvalue weighted by Gasteiger charge is -2.29. The molecule has 1 aromatic carbocycles. The van der Waals surface area contributed by atoms with E-state index in [0.29, 0.717) is 11.4 Å². The molecule has 1 fully saturated rings. The monoisotopic (exact) mass is 278 g/mol. The van der Waals surface area contributed by atoms with Crippen molar-refractivity contribution in [1.82, 2.24) is 0 Å². The van der Waals surface area contributed by atoms with Gasteiger partial charge in [-0.2, -0.15) is 4.99 Å². The van der Waals surface area contributed by atoms with E-state index in [4.69, 9.17) is 17.2 Å². The topological polar surface area (TPSA) is 106 Å². The Kier molecular flexibility index (Phi) is 4.39. The maximum atomic E-state index is 14.1. The molecule has 1 aliphatic heterocycles. The quantitative estimate of drug-likeness (QED) is 0.555. The van der Waals surface area contributed by atoms with Gasteiger partial charge >= 0.3 is 0 Å². The molecular weight excluding hydrogens is 259 g/mol. The van der Waals surface area contributed by atoms with E-state index in [0.717, 1.165) is 25.9 Å².